The summed E-state index contributed by atoms with van der Waals surface area (Å²) in [5, 5.41) is 6.73. The molecule has 242 valence electrons. The van der Waals surface area contributed by atoms with Crippen molar-refractivity contribution in [2.75, 3.05) is 64.1 Å². The van der Waals surface area contributed by atoms with Gasteiger partial charge in [0.05, 0.1) is 19.2 Å². The van der Waals surface area contributed by atoms with Crippen molar-refractivity contribution in [1.29, 1.82) is 0 Å². The van der Waals surface area contributed by atoms with Gasteiger partial charge in [-0.25, -0.2) is 19.7 Å². The number of aromatic nitrogens is 3. The second-order valence-corrected chi connectivity index (χ2v) is 12.3. The molecule has 45 heavy (non-hydrogen) atoms. The molecule has 0 spiro atoms. The molecule has 2 aromatic heterocycles. The topological polar surface area (TPSA) is 125 Å². The van der Waals surface area contributed by atoms with Gasteiger partial charge in [0.15, 0.2) is 0 Å². The predicted molar refractivity (Wildman–Crippen MR) is 175 cm³/mol. The van der Waals surface area contributed by atoms with Crippen LogP contribution in [0.25, 0.3) is 11.3 Å². The van der Waals surface area contributed by atoms with Crippen molar-refractivity contribution in [3.8, 4) is 11.3 Å². The summed E-state index contributed by atoms with van der Waals surface area (Å²) in [6.07, 6.45) is 4.38. The van der Waals surface area contributed by atoms with Crippen molar-refractivity contribution >= 4 is 29.5 Å². The Labute approximate surface area is 266 Å². The van der Waals surface area contributed by atoms with Crippen LogP contribution in [0.5, 0.6) is 0 Å². The van der Waals surface area contributed by atoms with E-state index < -0.39 is 5.60 Å². The van der Waals surface area contributed by atoms with Crippen LogP contribution in [-0.4, -0.2) is 102 Å². The summed E-state index contributed by atoms with van der Waals surface area (Å²) in [6.45, 7) is 10.2. The smallest absolute Gasteiger partial charge is 0.410 e. The molecule has 0 bridgehead atoms. The number of ether oxygens (including phenoxy) is 2. The zero-order valence-electron chi connectivity index (χ0n) is 27.2. The molecule has 1 saturated heterocycles. The third-order valence-corrected chi connectivity index (χ3v) is 7.35. The zero-order chi connectivity index (χ0) is 32.4. The highest BCUT2D eigenvalue weighted by molar-refractivity contribution is 5.70. The summed E-state index contributed by atoms with van der Waals surface area (Å²) in [5.74, 6) is 1.14. The van der Waals surface area contributed by atoms with Crippen LogP contribution in [-0.2, 0) is 20.8 Å². The van der Waals surface area contributed by atoms with Gasteiger partial charge in [-0.2, -0.15) is 0 Å². The van der Waals surface area contributed by atoms with E-state index in [1.165, 1.54) is 7.11 Å². The van der Waals surface area contributed by atoms with Crippen LogP contribution in [0.3, 0.4) is 0 Å². The van der Waals surface area contributed by atoms with Crippen LogP contribution in [0.4, 0.5) is 22.2 Å². The molecule has 1 unspecified atom stereocenters. The minimum atomic E-state index is -0.509. The first-order valence-corrected chi connectivity index (χ1v) is 15.3. The van der Waals surface area contributed by atoms with Crippen molar-refractivity contribution in [2.24, 2.45) is 0 Å². The molecule has 12 heteroatoms. The highest BCUT2D eigenvalue weighted by Gasteiger charge is 2.22. The molecule has 2 N–H and O–H groups in total. The lowest BCUT2D eigenvalue weighted by Crippen LogP contribution is -2.51. The Bertz CT molecular complexity index is 1410. The lowest BCUT2D eigenvalue weighted by Gasteiger charge is -2.33. The first kappa shape index (κ1) is 33.6. The summed E-state index contributed by atoms with van der Waals surface area (Å²) < 4.78 is 10.2. The molecular formula is C33H46N8O4. The van der Waals surface area contributed by atoms with Gasteiger partial charge in [0.25, 0.3) is 0 Å². The fraction of sp³-hybridized carbons (Fsp3) is 0.485. The summed E-state index contributed by atoms with van der Waals surface area (Å²) >= 11 is 0. The highest BCUT2D eigenvalue weighted by Crippen LogP contribution is 2.22. The Hall–Kier alpha value is -4.29. The predicted octanol–water partition coefficient (Wildman–Crippen LogP) is 4.31. The Kier molecular flexibility index (Phi) is 11.7. The summed E-state index contributed by atoms with van der Waals surface area (Å²) in [7, 11) is 5.16. The molecular weight excluding hydrogens is 572 g/mol. The van der Waals surface area contributed by atoms with Crippen molar-refractivity contribution in [3.05, 3.63) is 60.4 Å². The molecule has 1 aliphatic heterocycles. The number of rotatable bonds is 12. The molecule has 1 aliphatic rings. The number of carbonyl (C=O) groups excluding carboxylic acids is 2. The van der Waals surface area contributed by atoms with E-state index in [9.17, 15) is 9.59 Å². The van der Waals surface area contributed by atoms with Crippen LogP contribution in [0.2, 0.25) is 0 Å². The molecule has 3 aromatic rings. The molecule has 3 heterocycles. The van der Waals surface area contributed by atoms with E-state index in [2.05, 4.69) is 42.5 Å². The van der Waals surface area contributed by atoms with E-state index in [-0.39, 0.29) is 18.1 Å². The summed E-state index contributed by atoms with van der Waals surface area (Å²) in [5.41, 5.74) is 3.21. The van der Waals surface area contributed by atoms with Gasteiger partial charge < -0.3 is 29.9 Å². The molecule has 1 aromatic carbocycles. The van der Waals surface area contributed by atoms with E-state index >= 15 is 0 Å². The van der Waals surface area contributed by atoms with Crippen LogP contribution < -0.4 is 15.5 Å². The molecule has 4 rings (SSSR count). The number of anilines is 3. The maximum atomic E-state index is 12.2. The number of hydrogen-bond acceptors (Lipinski definition) is 11. The van der Waals surface area contributed by atoms with Crippen molar-refractivity contribution in [2.45, 2.75) is 51.8 Å². The van der Waals surface area contributed by atoms with Gasteiger partial charge in [0.1, 0.15) is 11.4 Å². The average Bonchev–Trinajstić information content (AvgIpc) is 3.00. The van der Waals surface area contributed by atoms with E-state index in [1.807, 2.05) is 64.3 Å². The third-order valence-electron chi connectivity index (χ3n) is 7.35. The second kappa shape index (κ2) is 15.6. The normalized spacial score (nSPS) is 15.3. The fourth-order valence-electron chi connectivity index (χ4n) is 5.03. The largest absolute Gasteiger partial charge is 0.469 e. The standard InChI is InChI=1S/C33H46N8O4/c1-33(2,3)45-32(43)40(5)17-8-16-39(4)29-12-11-25(21-36-29)28-13-14-35-31(38-28)37-26-10-7-9-24(19-26)22-41-18-15-34-27(23-41)20-30(42)44-6/h7,9-14,19,21,27,34H,8,15-18,20,22-23H2,1-6H3,(H,35,37,38). The van der Waals surface area contributed by atoms with Crippen molar-refractivity contribution in [1.82, 2.24) is 30.1 Å². The maximum absolute atomic E-state index is 12.2. The van der Waals surface area contributed by atoms with Gasteiger partial charge in [-0.05, 0) is 63.1 Å². The van der Waals surface area contributed by atoms with Gasteiger partial charge >= 0.3 is 12.1 Å². The van der Waals surface area contributed by atoms with Crippen LogP contribution in [0.1, 0.15) is 39.2 Å². The lowest BCUT2D eigenvalue weighted by atomic mass is 10.1. The Morgan fingerprint density at radius 1 is 1.11 bits per heavy atom. The molecule has 0 saturated carbocycles. The molecule has 0 radical (unpaired) electrons. The Morgan fingerprint density at radius 2 is 1.93 bits per heavy atom. The Balaban J connectivity index is 1.30. The number of carbonyl (C=O) groups is 2. The number of piperazine rings is 1. The van der Waals surface area contributed by atoms with Gasteiger partial charge in [0.2, 0.25) is 5.95 Å². The summed E-state index contributed by atoms with van der Waals surface area (Å²) in [4.78, 5) is 43.7. The van der Waals surface area contributed by atoms with Gasteiger partial charge in [0, 0.05) is 83.1 Å². The molecule has 0 aliphatic carbocycles. The Morgan fingerprint density at radius 3 is 2.67 bits per heavy atom. The molecule has 1 fully saturated rings. The first-order chi connectivity index (χ1) is 21.5. The second-order valence-electron chi connectivity index (χ2n) is 12.3. The number of pyridine rings is 1. The van der Waals surface area contributed by atoms with Crippen molar-refractivity contribution in [3.63, 3.8) is 0 Å². The zero-order valence-corrected chi connectivity index (χ0v) is 27.2. The number of methoxy groups -OCH3 is 1. The number of amides is 1. The van der Waals surface area contributed by atoms with E-state index in [1.54, 1.807) is 18.1 Å². The van der Waals surface area contributed by atoms with Crippen LogP contribution in [0.15, 0.2) is 54.9 Å². The minimum absolute atomic E-state index is 0.0884. The van der Waals surface area contributed by atoms with E-state index in [0.717, 1.165) is 67.5 Å². The van der Waals surface area contributed by atoms with Gasteiger partial charge in [-0.1, -0.05) is 12.1 Å². The maximum Gasteiger partial charge on any atom is 0.410 e. The van der Waals surface area contributed by atoms with Crippen LogP contribution >= 0.6 is 0 Å². The van der Waals surface area contributed by atoms with Crippen LogP contribution in [0, 0.1) is 0 Å². The monoisotopic (exact) mass is 618 g/mol. The van der Waals surface area contributed by atoms with Crippen molar-refractivity contribution < 1.29 is 19.1 Å². The van der Waals surface area contributed by atoms with Gasteiger partial charge in [-0.3, -0.25) is 9.69 Å². The molecule has 12 nitrogen and oxygen atoms in total. The van der Waals surface area contributed by atoms with E-state index in [0.29, 0.717) is 18.9 Å². The van der Waals surface area contributed by atoms with Gasteiger partial charge in [-0.15, -0.1) is 0 Å². The highest BCUT2D eigenvalue weighted by atomic mass is 16.6. The van der Waals surface area contributed by atoms with E-state index in [4.69, 9.17) is 14.5 Å². The molecule has 1 atom stereocenters. The first-order valence-electron chi connectivity index (χ1n) is 15.3. The SMILES string of the molecule is COC(=O)CC1CN(Cc2cccc(Nc3nccc(-c4ccc(N(C)CCCN(C)C(=O)OC(C)(C)C)nc4)n3)c2)CCN1. The number of hydrogen-bond donors (Lipinski definition) is 2. The summed E-state index contributed by atoms with van der Waals surface area (Å²) in [6, 6.07) is 14.1. The third kappa shape index (κ3) is 10.7. The molecule has 1 amide bonds. The number of benzene rings is 1. The number of nitrogens with one attached hydrogen (secondary N) is 2. The lowest BCUT2D eigenvalue weighted by molar-refractivity contribution is -0.141. The number of esters is 1. The quantitative estimate of drug-likeness (QED) is 0.282. The minimum Gasteiger partial charge on any atom is -0.469 e. The number of nitrogens with zero attached hydrogens (tertiary/aromatic N) is 6. The fourth-order valence-corrected chi connectivity index (χ4v) is 5.03. The average molecular weight is 619 g/mol.